The second kappa shape index (κ2) is 13.4. The quantitative estimate of drug-likeness (QED) is 0.197. The number of fused-ring (bicyclic) bond motifs is 1. The van der Waals surface area contributed by atoms with E-state index < -0.39 is 41.8 Å². The van der Waals surface area contributed by atoms with Gasteiger partial charge in [-0.2, -0.15) is 0 Å². The predicted octanol–water partition coefficient (Wildman–Crippen LogP) is 4.31. The summed E-state index contributed by atoms with van der Waals surface area (Å²) >= 11 is 0. The maximum atomic E-state index is 16.2. The zero-order valence-electron chi connectivity index (χ0n) is 25.6. The summed E-state index contributed by atoms with van der Waals surface area (Å²) < 4.78 is 37.9. The first-order valence-corrected chi connectivity index (χ1v) is 15.2. The first kappa shape index (κ1) is 31.4. The van der Waals surface area contributed by atoms with E-state index in [1.54, 1.807) is 35.3 Å². The Labute approximate surface area is 269 Å². The number of aromatic nitrogens is 4. The average Bonchev–Trinajstić information content (AvgIpc) is 3.81. The molecule has 3 aromatic heterocycles. The van der Waals surface area contributed by atoms with E-state index in [2.05, 4.69) is 25.6 Å². The number of aryl methyl sites for hydroxylation is 1. The number of carbonyl (C=O) groups is 3. The number of alkyl halides is 1. The molecule has 1 aliphatic rings. The molecule has 0 bridgehead atoms. The standard InChI is InChI=1S/C34H33F2N7O4/c1-2-22-3-5-27(6-4-22)47-28-13-23(11-25(35)14-28)32(45)40-18-31(44)43-20-34(36,19-42-10-9-38-21-42)15-30(43)33(46)39-17-26-12-24-16-37-8-7-29(24)41-26/h3-14,16,21,30,41H,2,15,17-20H2,1H3,(H,39,46)(H,40,45)/t30?,34-/m0/s1. The zero-order valence-corrected chi connectivity index (χ0v) is 25.6. The van der Waals surface area contributed by atoms with Gasteiger partial charge in [0.05, 0.1) is 32.5 Å². The lowest BCUT2D eigenvalue weighted by Crippen LogP contribution is -2.49. The highest BCUT2D eigenvalue weighted by atomic mass is 19.1. The lowest BCUT2D eigenvalue weighted by atomic mass is 10.0. The Bertz CT molecular complexity index is 1860. The van der Waals surface area contributed by atoms with Crippen molar-refractivity contribution in [2.75, 3.05) is 13.1 Å². The van der Waals surface area contributed by atoms with Gasteiger partial charge in [0.1, 0.15) is 29.0 Å². The van der Waals surface area contributed by atoms with Gasteiger partial charge in [-0.25, -0.2) is 13.8 Å². The van der Waals surface area contributed by atoms with Crippen LogP contribution < -0.4 is 15.4 Å². The Morgan fingerprint density at radius 3 is 2.62 bits per heavy atom. The Balaban J connectivity index is 1.13. The number of amides is 3. The highest BCUT2D eigenvalue weighted by Crippen LogP contribution is 2.33. The number of aromatic amines is 1. The molecular formula is C34H33F2N7O4. The summed E-state index contributed by atoms with van der Waals surface area (Å²) in [4.78, 5) is 52.2. The predicted molar refractivity (Wildman–Crippen MR) is 169 cm³/mol. The molecule has 1 saturated heterocycles. The van der Waals surface area contributed by atoms with E-state index in [1.807, 2.05) is 31.2 Å². The zero-order chi connectivity index (χ0) is 33.0. The minimum Gasteiger partial charge on any atom is -0.457 e. The molecule has 0 radical (unpaired) electrons. The molecule has 2 atom stereocenters. The lowest BCUT2D eigenvalue weighted by Gasteiger charge is -2.24. The summed E-state index contributed by atoms with van der Waals surface area (Å²) in [5.74, 6) is -2.06. The van der Waals surface area contributed by atoms with Crippen molar-refractivity contribution in [3.05, 3.63) is 108 Å². The van der Waals surface area contributed by atoms with Crippen LogP contribution in [0.25, 0.3) is 10.9 Å². The Hall–Kier alpha value is -5.59. The number of imidazole rings is 1. The largest absolute Gasteiger partial charge is 0.457 e. The van der Waals surface area contributed by atoms with Crippen LogP contribution >= 0.6 is 0 Å². The van der Waals surface area contributed by atoms with Crippen LogP contribution in [-0.2, 0) is 29.1 Å². The van der Waals surface area contributed by atoms with Gasteiger partial charge in [-0.1, -0.05) is 19.1 Å². The van der Waals surface area contributed by atoms with E-state index >= 15 is 4.39 Å². The number of hydrogen-bond acceptors (Lipinski definition) is 6. The Morgan fingerprint density at radius 2 is 1.87 bits per heavy atom. The SMILES string of the molecule is CCc1ccc(Oc2cc(F)cc(C(=O)NCC(=O)N3C[C@@](F)(Cn4ccnc4)CC3C(=O)NCc3cc4cnccc4[nH]3)c2)cc1. The van der Waals surface area contributed by atoms with Crippen LogP contribution in [0.1, 0.15) is 35.0 Å². The monoisotopic (exact) mass is 641 g/mol. The number of nitrogens with one attached hydrogen (secondary N) is 3. The third-order valence-electron chi connectivity index (χ3n) is 8.07. The molecule has 2 aromatic carbocycles. The molecule has 0 saturated carbocycles. The van der Waals surface area contributed by atoms with Gasteiger partial charge in [-0.15, -0.1) is 0 Å². The molecular weight excluding hydrogens is 608 g/mol. The van der Waals surface area contributed by atoms with Crippen LogP contribution in [0, 0.1) is 5.82 Å². The van der Waals surface area contributed by atoms with Crippen molar-refractivity contribution in [3.8, 4) is 11.5 Å². The van der Waals surface area contributed by atoms with Crippen LogP contribution in [0.3, 0.4) is 0 Å². The van der Waals surface area contributed by atoms with Crippen molar-refractivity contribution in [2.24, 2.45) is 0 Å². The molecule has 3 amide bonds. The van der Waals surface area contributed by atoms with Gasteiger partial charge >= 0.3 is 0 Å². The molecule has 0 spiro atoms. The Morgan fingerprint density at radius 1 is 1.04 bits per heavy atom. The first-order valence-electron chi connectivity index (χ1n) is 15.2. The van der Waals surface area contributed by atoms with Crippen LogP contribution in [0.5, 0.6) is 11.5 Å². The molecule has 1 fully saturated rings. The number of hydrogen-bond donors (Lipinski definition) is 3. The smallest absolute Gasteiger partial charge is 0.251 e. The van der Waals surface area contributed by atoms with E-state index in [0.29, 0.717) is 11.4 Å². The maximum Gasteiger partial charge on any atom is 0.251 e. The van der Waals surface area contributed by atoms with E-state index in [-0.39, 0.29) is 37.4 Å². The highest BCUT2D eigenvalue weighted by Gasteiger charge is 2.49. The maximum absolute atomic E-state index is 16.2. The number of halogens is 2. The number of nitrogens with zero attached hydrogens (tertiary/aromatic N) is 4. The second-order valence-corrected chi connectivity index (χ2v) is 11.6. The van der Waals surface area contributed by atoms with Crippen molar-refractivity contribution in [3.63, 3.8) is 0 Å². The number of rotatable bonds is 11. The van der Waals surface area contributed by atoms with Gasteiger partial charge in [-0.05, 0) is 48.4 Å². The van der Waals surface area contributed by atoms with Gasteiger partial charge in [0.15, 0.2) is 0 Å². The van der Waals surface area contributed by atoms with Crippen molar-refractivity contribution >= 4 is 28.6 Å². The van der Waals surface area contributed by atoms with Gasteiger partial charge in [0, 0.05) is 59.4 Å². The number of carbonyl (C=O) groups excluding carboxylic acids is 3. The summed E-state index contributed by atoms with van der Waals surface area (Å²) in [6.07, 6.45) is 8.52. The molecule has 5 aromatic rings. The van der Waals surface area contributed by atoms with Crippen LogP contribution in [0.15, 0.2) is 85.7 Å². The third kappa shape index (κ3) is 7.46. The third-order valence-corrected chi connectivity index (χ3v) is 8.07. The van der Waals surface area contributed by atoms with Gasteiger partial charge in [0.25, 0.3) is 5.91 Å². The number of pyridine rings is 1. The van der Waals surface area contributed by atoms with Crippen LogP contribution in [0.4, 0.5) is 8.78 Å². The summed E-state index contributed by atoms with van der Waals surface area (Å²) in [7, 11) is 0. The number of benzene rings is 2. The fraction of sp³-hybridized carbons (Fsp3) is 0.265. The van der Waals surface area contributed by atoms with Crippen molar-refractivity contribution < 1.29 is 27.9 Å². The minimum atomic E-state index is -1.93. The summed E-state index contributed by atoms with van der Waals surface area (Å²) in [6.45, 7) is 1.12. The van der Waals surface area contributed by atoms with Gasteiger partial charge < -0.3 is 29.8 Å². The molecule has 0 aliphatic carbocycles. The second-order valence-electron chi connectivity index (χ2n) is 11.6. The average molecular weight is 642 g/mol. The molecule has 4 heterocycles. The van der Waals surface area contributed by atoms with Crippen molar-refractivity contribution in [1.29, 1.82) is 0 Å². The number of ether oxygens (including phenoxy) is 1. The molecule has 13 heteroatoms. The highest BCUT2D eigenvalue weighted by molar-refractivity contribution is 5.97. The van der Waals surface area contributed by atoms with Gasteiger partial charge in [-0.3, -0.25) is 19.4 Å². The summed E-state index contributed by atoms with van der Waals surface area (Å²) in [5, 5.41) is 6.15. The van der Waals surface area contributed by atoms with E-state index in [9.17, 15) is 18.8 Å². The van der Waals surface area contributed by atoms with Crippen molar-refractivity contribution in [1.82, 2.24) is 35.1 Å². The van der Waals surface area contributed by atoms with Crippen LogP contribution in [0.2, 0.25) is 0 Å². The lowest BCUT2D eigenvalue weighted by molar-refractivity contribution is -0.137. The molecule has 3 N–H and O–H groups in total. The molecule has 1 aliphatic heterocycles. The van der Waals surface area contributed by atoms with Gasteiger partial charge in [0.2, 0.25) is 11.8 Å². The topological polar surface area (TPSA) is 134 Å². The number of likely N-dealkylation sites (tertiary alicyclic amines) is 1. The fourth-order valence-corrected chi connectivity index (χ4v) is 5.72. The molecule has 11 nitrogen and oxygen atoms in total. The Kier molecular flexibility index (Phi) is 8.96. The molecule has 6 rings (SSSR count). The van der Waals surface area contributed by atoms with Crippen molar-refractivity contribution in [2.45, 2.75) is 44.6 Å². The first-order chi connectivity index (χ1) is 22.7. The van der Waals surface area contributed by atoms with E-state index in [1.165, 1.54) is 18.6 Å². The van der Waals surface area contributed by atoms with Crippen LogP contribution in [-0.4, -0.2) is 66.9 Å². The molecule has 242 valence electrons. The molecule has 1 unspecified atom stereocenters. The summed E-state index contributed by atoms with van der Waals surface area (Å²) in [5.41, 5.74) is 0.674. The van der Waals surface area contributed by atoms with E-state index in [4.69, 9.17) is 4.74 Å². The molecule has 47 heavy (non-hydrogen) atoms. The number of H-pyrrole nitrogens is 1. The minimum absolute atomic E-state index is 0.0674. The normalized spacial score (nSPS) is 17.5. The van der Waals surface area contributed by atoms with E-state index in [0.717, 1.165) is 39.9 Å². The fourth-order valence-electron chi connectivity index (χ4n) is 5.72. The summed E-state index contributed by atoms with van der Waals surface area (Å²) in [6, 6.07) is 13.3.